The summed E-state index contributed by atoms with van der Waals surface area (Å²) >= 11 is 7.74. The minimum Gasteiger partial charge on any atom is -0.370 e. The molecule has 0 bridgehead atoms. The summed E-state index contributed by atoms with van der Waals surface area (Å²) in [7, 11) is 0. The number of hydrogen-bond acceptors (Lipinski definition) is 4. The average molecular weight is 324 g/mol. The molecule has 0 aliphatic rings. The summed E-state index contributed by atoms with van der Waals surface area (Å²) in [5, 5.41) is 8.43. The first-order chi connectivity index (χ1) is 10.2. The monoisotopic (exact) mass is 323 g/mol. The van der Waals surface area contributed by atoms with E-state index in [9.17, 15) is 4.79 Å². The van der Waals surface area contributed by atoms with Crippen LogP contribution in [0.3, 0.4) is 0 Å². The first-order valence-corrected chi connectivity index (χ1v) is 8.16. The van der Waals surface area contributed by atoms with Crippen molar-refractivity contribution in [3.05, 3.63) is 45.2 Å². The van der Waals surface area contributed by atoms with Gasteiger partial charge in [-0.1, -0.05) is 24.6 Å². The minimum absolute atomic E-state index is 0.168. The van der Waals surface area contributed by atoms with Gasteiger partial charge in [0.1, 0.15) is 5.82 Å². The van der Waals surface area contributed by atoms with Crippen LogP contribution in [0.4, 0.5) is 5.82 Å². The van der Waals surface area contributed by atoms with Crippen molar-refractivity contribution in [2.75, 3.05) is 18.4 Å². The number of rotatable bonds is 7. The maximum Gasteiger partial charge on any atom is 0.253 e. The van der Waals surface area contributed by atoms with E-state index in [1.165, 1.54) is 11.1 Å². The molecule has 112 valence electrons. The number of thiophene rings is 1. The zero-order chi connectivity index (χ0) is 15.1. The zero-order valence-corrected chi connectivity index (χ0v) is 13.4. The Morgan fingerprint density at radius 1 is 1.43 bits per heavy atom. The van der Waals surface area contributed by atoms with E-state index in [4.69, 9.17) is 11.6 Å². The van der Waals surface area contributed by atoms with Crippen molar-refractivity contribution in [1.82, 2.24) is 10.3 Å². The molecule has 0 aliphatic heterocycles. The third-order valence-electron chi connectivity index (χ3n) is 2.89. The second-order valence-corrected chi connectivity index (χ2v) is 6.00. The van der Waals surface area contributed by atoms with Crippen molar-refractivity contribution in [2.24, 2.45) is 0 Å². The van der Waals surface area contributed by atoms with Crippen molar-refractivity contribution in [3.63, 3.8) is 0 Å². The Labute approximate surface area is 133 Å². The fourth-order valence-corrected chi connectivity index (χ4v) is 2.71. The molecule has 0 saturated heterocycles. The number of carbonyl (C=O) groups excluding carboxylic acids is 1. The van der Waals surface area contributed by atoms with Gasteiger partial charge in [-0.05, 0) is 30.4 Å². The van der Waals surface area contributed by atoms with Gasteiger partial charge in [-0.3, -0.25) is 4.79 Å². The highest BCUT2D eigenvalue weighted by atomic mass is 35.5. The van der Waals surface area contributed by atoms with Gasteiger partial charge < -0.3 is 10.6 Å². The molecule has 4 nitrogen and oxygen atoms in total. The Morgan fingerprint density at radius 2 is 2.29 bits per heavy atom. The standard InChI is InChI=1S/C15H18ClN3OS/c1-2-6-17-14-9-12(13(16)10-19-14)15(20)18-7-5-11-4-3-8-21-11/h3-4,8-10H,2,5-7H2,1H3,(H,17,19)(H,18,20). The number of halogens is 1. The van der Waals surface area contributed by atoms with Crippen LogP contribution in [0, 0.1) is 0 Å². The summed E-state index contributed by atoms with van der Waals surface area (Å²) in [6.07, 6.45) is 3.33. The molecular formula is C15H18ClN3OS. The summed E-state index contributed by atoms with van der Waals surface area (Å²) in [6, 6.07) is 5.76. The molecule has 2 N–H and O–H groups in total. The number of hydrogen-bond donors (Lipinski definition) is 2. The lowest BCUT2D eigenvalue weighted by Crippen LogP contribution is -2.26. The number of amides is 1. The largest absolute Gasteiger partial charge is 0.370 e. The van der Waals surface area contributed by atoms with Gasteiger partial charge in [0.25, 0.3) is 5.91 Å². The van der Waals surface area contributed by atoms with Crippen LogP contribution >= 0.6 is 22.9 Å². The van der Waals surface area contributed by atoms with E-state index in [1.807, 2.05) is 11.4 Å². The topological polar surface area (TPSA) is 54.0 Å². The third-order valence-corrected chi connectivity index (χ3v) is 4.13. The molecule has 0 radical (unpaired) electrons. The lowest BCUT2D eigenvalue weighted by Gasteiger charge is -2.09. The Bertz CT molecular complexity index is 587. The van der Waals surface area contributed by atoms with Crippen LogP contribution in [0.5, 0.6) is 0 Å². The molecule has 2 rings (SSSR count). The maximum absolute atomic E-state index is 12.2. The molecular weight excluding hydrogens is 306 g/mol. The van der Waals surface area contributed by atoms with Crippen molar-refractivity contribution in [2.45, 2.75) is 19.8 Å². The van der Waals surface area contributed by atoms with Crippen LogP contribution in [0.15, 0.2) is 29.8 Å². The Hall–Kier alpha value is -1.59. The predicted octanol–water partition coefficient (Wildman–Crippen LogP) is 3.59. The molecule has 1 amide bonds. The molecule has 0 aliphatic carbocycles. The van der Waals surface area contributed by atoms with E-state index in [0.29, 0.717) is 22.9 Å². The van der Waals surface area contributed by atoms with Crippen LogP contribution in [-0.4, -0.2) is 24.0 Å². The molecule has 0 spiro atoms. The van der Waals surface area contributed by atoms with E-state index >= 15 is 0 Å². The van der Waals surface area contributed by atoms with Gasteiger partial charge in [0.2, 0.25) is 0 Å². The fourth-order valence-electron chi connectivity index (χ4n) is 1.81. The zero-order valence-electron chi connectivity index (χ0n) is 11.9. The molecule has 0 aromatic carbocycles. The molecule has 0 atom stereocenters. The van der Waals surface area contributed by atoms with E-state index in [-0.39, 0.29) is 5.91 Å². The van der Waals surface area contributed by atoms with Gasteiger partial charge in [0, 0.05) is 24.2 Å². The molecule has 0 saturated carbocycles. The first kappa shape index (κ1) is 15.8. The molecule has 2 aromatic heterocycles. The van der Waals surface area contributed by atoms with Crippen molar-refractivity contribution in [1.29, 1.82) is 0 Å². The highest BCUT2D eigenvalue weighted by Gasteiger charge is 2.11. The van der Waals surface area contributed by atoms with Crippen molar-refractivity contribution < 1.29 is 4.79 Å². The predicted molar refractivity (Wildman–Crippen MR) is 88.4 cm³/mol. The van der Waals surface area contributed by atoms with Gasteiger partial charge in [0.15, 0.2) is 0 Å². The first-order valence-electron chi connectivity index (χ1n) is 6.90. The maximum atomic E-state index is 12.2. The third kappa shape index (κ3) is 4.72. The number of nitrogens with zero attached hydrogens (tertiary/aromatic N) is 1. The summed E-state index contributed by atoms with van der Waals surface area (Å²) in [5.41, 5.74) is 0.455. The molecule has 2 aromatic rings. The molecule has 2 heterocycles. The van der Waals surface area contributed by atoms with E-state index in [1.54, 1.807) is 17.4 Å². The molecule has 6 heteroatoms. The molecule has 0 unspecified atom stereocenters. The van der Waals surface area contributed by atoms with Gasteiger partial charge >= 0.3 is 0 Å². The van der Waals surface area contributed by atoms with Crippen LogP contribution < -0.4 is 10.6 Å². The Balaban J connectivity index is 1.94. The quantitative estimate of drug-likeness (QED) is 0.818. The lowest BCUT2D eigenvalue weighted by atomic mass is 10.2. The summed E-state index contributed by atoms with van der Waals surface area (Å²) in [6.45, 7) is 3.48. The van der Waals surface area contributed by atoms with Gasteiger partial charge in [-0.2, -0.15) is 0 Å². The number of nitrogens with one attached hydrogen (secondary N) is 2. The summed E-state index contributed by atoms with van der Waals surface area (Å²) < 4.78 is 0. The summed E-state index contributed by atoms with van der Waals surface area (Å²) in [5.74, 6) is 0.503. The van der Waals surface area contributed by atoms with Crippen LogP contribution in [-0.2, 0) is 6.42 Å². The van der Waals surface area contributed by atoms with Crippen molar-refractivity contribution >= 4 is 34.7 Å². The second kappa shape index (κ2) is 8.00. The number of carbonyl (C=O) groups is 1. The van der Waals surface area contributed by atoms with Gasteiger partial charge in [-0.15, -0.1) is 11.3 Å². The van der Waals surface area contributed by atoms with Crippen molar-refractivity contribution in [3.8, 4) is 0 Å². The van der Waals surface area contributed by atoms with Gasteiger partial charge in [0.05, 0.1) is 10.6 Å². The van der Waals surface area contributed by atoms with Gasteiger partial charge in [-0.25, -0.2) is 4.98 Å². The van der Waals surface area contributed by atoms with Crippen LogP contribution in [0.25, 0.3) is 0 Å². The second-order valence-electron chi connectivity index (χ2n) is 4.56. The van der Waals surface area contributed by atoms with Crippen LogP contribution in [0.1, 0.15) is 28.6 Å². The number of pyridine rings is 1. The summed E-state index contributed by atoms with van der Waals surface area (Å²) in [4.78, 5) is 17.6. The Morgan fingerprint density at radius 3 is 3.00 bits per heavy atom. The lowest BCUT2D eigenvalue weighted by molar-refractivity contribution is 0.0954. The van der Waals surface area contributed by atoms with Crippen LogP contribution in [0.2, 0.25) is 5.02 Å². The van der Waals surface area contributed by atoms with E-state index < -0.39 is 0 Å². The van der Waals surface area contributed by atoms with E-state index in [2.05, 4.69) is 28.6 Å². The number of aromatic nitrogens is 1. The SMILES string of the molecule is CCCNc1cc(C(=O)NCCc2cccs2)c(Cl)cn1. The molecule has 21 heavy (non-hydrogen) atoms. The van der Waals surface area contributed by atoms with E-state index in [0.717, 1.165) is 19.4 Å². The smallest absolute Gasteiger partial charge is 0.253 e. The average Bonchev–Trinajstić information content (AvgIpc) is 2.99. The number of anilines is 1. The minimum atomic E-state index is -0.168. The highest BCUT2D eigenvalue weighted by Crippen LogP contribution is 2.18. The highest BCUT2D eigenvalue weighted by molar-refractivity contribution is 7.09. The Kier molecular flexibility index (Phi) is 6.02. The normalized spacial score (nSPS) is 10.4. The fraction of sp³-hybridized carbons (Fsp3) is 0.333. The molecule has 0 fully saturated rings.